The van der Waals surface area contributed by atoms with Crippen molar-refractivity contribution in [2.24, 2.45) is 5.92 Å². The SMILES string of the molecule is COc1ccc(S(=O)(=O)N2CCC(C(=O)N(Cc3cccnc3)c3nc4c(OC)ccc(Cl)c4s3)CC2)cc1. The lowest BCUT2D eigenvalue weighted by atomic mass is 9.96. The Morgan fingerprint density at radius 1 is 1.10 bits per heavy atom. The van der Waals surface area contributed by atoms with Crippen LogP contribution in [-0.4, -0.2) is 55.9 Å². The molecule has 0 spiro atoms. The summed E-state index contributed by atoms with van der Waals surface area (Å²) in [6.45, 7) is 0.757. The summed E-state index contributed by atoms with van der Waals surface area (Å²) in [5.74, 6) is 0.673. The van der Waals surface area contributed by atoms with Crippen molar-refractivity contribution in [2.75, 3.05) is 32.2 Å². The number of carbonyl (C=O) groups excluding carboxylic acids is 1. The number of methoxy groups -OCH3 is 2. The van der Waals surface area contributed by atoms with Crippen LogP contribution in [0.5, 0.6) is 11.5 Å². The second-order valence-corrected chi connectivity index (χ2v) is 12.4. The second kappa shape index (κ2) is 11.5. The second-order valence-electron chi connectivity index (χ2n) is 9.06. The summed E-state index contributed by atoms with van der Waals surface area (Å²) in [5.41, 5.74) is 1.44. The number of thiazole rings is 1. The summed E-state index contributed by atoms with van der Waals surface area (Å²) < 4.78 is 39.2. The molecule has 1 fully saturated rings. The van der Waals surface area contributed by atoms with Gasteiger partial charge >= 0.3 is 0 Å². The van der Waals surface area contributed by atoms with Crippen molar-refractivity contribution in [1.82, 2.24) is 14.3 Å². The minimum Gasteiger partial charge on any atom is -0.497 e. The summed E-state index contributed by atoms with van der Waals surface area (Å²) in [7, 11) is -0.588. The van der Waals surface area contributed by atoms with Crippen LogP contribution in [0.3, 0.4) is 0 Å². The van der Waals surface area contributed by atoms with E-state index in [0.717, 1.165) is 10.3 Å². The molecule has 1 aliphatic rings. The Kier molecular flexibility index (Phi) is 8.03. The molecule has 39 heavy (non-hydrogen) atoms. The zero-order valence-corrected chi connectivity index (χ0v) is 23.8. The van der Waals surface area contributed by atoms with Gasteiger partial charge in [-0.25, -0.2) is 13.4 Å². The van der Waals surface area contributed by atoms with Crippen LogP contribution in [-0.2, 0) is 21.4 Å². The van der Waals surface area contributed by atoms with Crippen molar-refractivity contribution < 1.29 is 22.7 Å². The molecular weight excluding hydrogens is 560 g/mol. The molecule has 0 radical (unpaired) electrons. The molecule has 204 valence electrons. The van der Waals surface area contributed by atoms with E-state index >= 15 is 0 Å². The maximum Gasteiger partial charge on any atom is 0.243 e. The highest BCUT2D eigenvalue weighted by molar-refractivity contribution is 7.89. The number of rotatable bonds is 8. The molecule has 5 rings (SSSR count). The van der Waals surface area contributed by atoms with Crippen LogP contribution in [0.2, 0.25) is 5.02 Å². The molecule has 0 N–H and O–H groups in total. The summed E-state index contributed by atoms with van der Waals surface area (Å²) >= 11 is 7.77. The largest absolute Gasteiger partial charge is 0.497 e. The third-order valence-electron chi connectivity index (χ3n) is 6.73. The van der Waals surface area contributed by atoms with Crippen LogP contribution < -0.4 is 14.4 Å². The highest BCUT2D eigenvalue weighted by Crippen LogP contribution is 2.40. The number of sulfonamides is 1. The van der Waals surface area contributed by atoms with Gasteiger partial charge in [0.15, 0.2) is 5.13 Å². The van der Waals surface area contributed by atoms with E-state index in [9.17, 15) is 13.2 Å². The van der Waals surface area contributed by atoms with Gasteiger partial charge < -0.3 is 9.47 Å². The molecule has 0 bridgehead atoms. The van der Waals surface area contributed by atoms with E-state index in [4.69, 9.17) is 26.1 Å². The normalized spacial score (nSPS) is 14.8. The van der Waals surface area contributed by atoms with Crippen molar-refractivity contribution in [2.45, 2.75) is 24.3 Å². The third-order valence-corrected chi connectivity index (χ3v) is 10.2. The van der Waals surface area contributed by atoms with Gasteiger partial charge in [-0.3, -0.25) is 14.7 Å². The van der Waals surface area contributed by atoms with Gasteiger partial charge in [0, 0.05) is 31.4 Å². The number of anilines is 1. The standard InChI is InChI=1S/C27H27ClN4O5S2/c1-36-20-5-7-21(8-6-20)39(34,35)31-14-11-19(12-15-31)26(33)32(17-18-4-3-13-29-16-18)27-30-24-23(37-2)10-9-22(28)25(24)38-27/h3-10,13,16,19H,11-12,14-15,17H2,1-2H3. The number of pyridine rings is 1. The molecule has 2 aromatic heterocycles. The summed E-state index contributed by atoms with van der Waals surface area (Å²) in [6.07, 6.45) is 4.18. The maximum absolute atomic E-state index is 13.9. The Hall–Kier alpha value is -3.25. The molecule has 1 amide bonds. The molecule has 9 nitrogen and oxygen atoms in total. The first-order valence-corrected chi connectivity index (χ1v) is 14.9. The summed E-state index contributed by atoms with van der Waals surface area (Å²) in [6, 6.07) is 13.5. The summed E-state index contributed by atoms with van der Waals surface area (Å²) in [5, 5.41) is 1.03. The van der Waals surface area contributed by atoms with Crippen molar-refractivity contribution in [3.8, 4) is 11.5 Å². The molecule has 1 saturated heterocycles. The van der Waals surface area contributed by atoms with E-state index in [0.29, 0.717) is 40.0 Å². The number of ether oxygens (including phenoxy) is 2. The molecule has 0 unspecified atom stereocenters. The van der Waals surface area contributed by atoms with Crippen LogP contribution >= 0.6 is 22.9 Å². The Labute approximate surface area is 236 Å². The minimum atomic E-state index is -3.68. The topological polar surface area (TPSA) is 102 Å². The van der Waals surface area contributed by atoms with Crippen LogP contribution in [0.1, 0.15) is 18.4 Å². The van der Waals surface area contributed by atoms with Gasteiger partial charge in [-0.05, 0) is 60.9 Å². The number of halogens is 1. The Bertz CT molecular complexity index is 1570. The zero-order chi connectivity index (χ0) is 27.6. The number of aromatic nitrogens is 2. The maximum atomic E-state index is 13.9. The Balaban J connectivity index is 1.39. The number of piperidine rings is 1. The smallest absolute Gasteiger partial charge is 0.243 e. The van der Waals surface area contributed by atoms with Gasteiger partial charge in [-0.1, -0.05) is 29.0 Å². The van der Waals surface area contributed by atoms with E-state index in [-0.39, 0.29) is 36.4 Å². The van der Waals surface area contributed by atoms with E-state index in [1.807, 2.05) is 12.1 Å². The first-order valence-electron chi connectivity index (χ1n) is 12.3. The van der Waals surface area contributed by atoms with E-state index in [1.54, 1.807) is 48.7 Å². The fraction of sp³-hybridized carbons (Fsp3) is 0.296. The molecule has 0 atom stereocenters. The van der Waals surface area contributed by atoms with Gasteiger partial charge in [-0.15, -0.1) is 0 Å². The molecular formula is C27H27ClN4O5S2. The van der Waals surface area contributed by atoms with Crippen LogP contribution in [0.4, 0.5) is 5.13 Å². The van der Waals surface area contributed by atoms with Crippen molar-refractivity contribution in [3.63, 3.8) is 0 Å². The predicted molar refractivity (Wildman–Crippen MR) is 151 cm³/mol. The van der Waals surface area contributed by atoms with Crippen LogP contribution in [0.25, 0.3) is 10.2 Å². The van der Waals surface area contributed by atoms with E-state index < -0.39 is 10.0 Å². The lowest BCUT2D eigenvalue weighted by molar-refractivity contribution is -0.123. The summed E-state index contributed by atoms with van der Waals surface area (Å²) in [4.78, 5) is 24.7. The number of fused-ring (bicyclic) bond motifs is 1. The number of nitrogens with zero attached hydrogens (tertiary/aromatic N) is 4. The average Bonchev–Trinajstić information content (AvgIpc) is 3.43. The van der Waals surface area contributed by atoms with E-state index in [2.05, 4.69) is 4.98 Å². The highest BCUT2D eigenvalue weighted by Gasteiger charge is 2.35. The molecule has 1 aliphatic heterocycles. The van der Waals surface area contributed by atoms with Gasteiger partial charge in [0.25, 0.3) is 0 Å². The molecule has 2 aromatic carbocycles. The van der Waals surface area contributed by atoms with Gasteiger partial charge in [0.2, 0.25) is 15.9 Å². The van der Waals surface area contributed by atoms with Crippen molar-refractivity contribution in [3.05, 3.63) is 71.5 Å². The number of carbonyl (C=O) groups is 1. The quantitative estimate of drug-likeness (QED) is 0.286. The molecule has 12 heteroatoms. The number of hydrogen-bond acceptors (Lipinski definition) is 8. The number of amides is 1. The predicted octanol–water partition coefficient (Wildman–Crippen LogP) is 5.00. The van der Waals surface area contributed by atoms with Gasteiger partial charge in [0.05, 0.1) is 35.4 Å². The zero-order valence-electron chi connectivity index (χ0n) is 21.4. The van der Waals surface area contributed by atoms with E-state index in [1.165, 1.54) is 34.9 Å². The lowest BCUT2D eigenvalue weighted by Crippen LogP contribution is -2.44. The molecule has 3 heterocycles. The molecule has 0 saturated carbocycles. The fourth-order valence-electron chi connectivity index (χ4n) is 4.60. The van der Waals surface area contributed by atoms with Gasteiger partial charge in [-0.2, -0.15) is 4.31 Å². The lowest BCUT2D eigenvalue weighted by Gasteiger charge is -2.33. The monoisotopic (exact) mass is 586 g/mol. The number of benzene rings is 2. The minimum absolute atomic E-state index is 0.116. The molecule has 4 aromatic rings. The molecule has 0 aliphatic carbocycles. The van der Waals surface area contributed by atoms with Crippen molar-refractivity contribution in [1.29, 1.82) is 0 Å². The van der Waals surface area contributed by atoms with Crippen LogP contribution in [0, 0.1) is 5.92 Å². The van der Waals surface area contributed by atoms with Crippen LogP contribution in [0.15, 0.2) is 65.8 Å². The Morgan fingerprint density at radius 3 is 2.49 bits per heavy atom. The highest BCUT2D eigenvalue weighted by atomic mass is 35.5. The number of hydrogen-bond donors (Lipinski definition) is 0. The average molecular weight is 587 g/mol. The Morgan fingerprint density at radius 2 is 1.85 bits per heavy atom. The van der Waals surface area contributed by atoms with Gasteiger partial charge in [0.1, 0.15) is 17.0 Å². The van der Waals surface area contributed by atoms with Crippen molar-refractivity contribution >= 4 is 54.2 Å². The third kappa shape index (κ3) is 5.58. The first-order chi connectivity index (χ1) is 18.8. The fourth-order valence-corrected chi connectivity index (χ4v) is 7.33. The first kappa shape index (κ1) is 27.3.